The van der Waals surface area contributed by atoms with E-state index in [1.54, 1.807) is 25.2 Å². The average molecular weight is 630 g/mol. The molecule has 1 aromatic carbocycles. The second-order valence-corrected chi connectivity index (χ2v) is 12.8. The van der Waals surface area contributed by atoms with Crippen LogP contribution in [0.5, 0.6) is 5.75 Å². The van der Waals surface area contributed by atoms with E-state index in [1.165, 1.54) is 12.1 Å². The van der Waals surface area contributed by atoms with Crippen molar-refractivity contribution in [1.82, 2.24) is 9.80 Å². The molecule has 13 heteroatoms. The summed E-state index contributed by atoms with van der Waals surface area (Å²) in [6, 6.07) is 4.40. The third kappa shape index (κ3) is 7.25. The van der Waals surface area contributed by atoms with E-state index in [0.717, 1.165) is 25.7 Å². The molecule has 0 spiro atoms. The Labute approximate surface area is 255 Å². The van der Waals surface area contributed by atoms with Crippen LogP contribution in [-0.2, 0) is 19.1 Å². The molecule has 1 aromatic rings. The highest BCUT2D eigenvalue weighted by Gasteiger charge is 2.51. The van der Waals surface area contributed by atoms with E-state index in [9.17, 15) is 27.9 Å². The number of nitrogens with zero attached hydrogens (tertiary/aromatic N) is 3. The van der Waals surface area contributed by atoms with E-state index >= 15 is 4.39 Å². The summed E-state index contributed by atoms with van der Waals surface area (Å²) < 4.78 is 70.9. The van der Waals surface area contributed by atoms with Crippen LogP contribution in [0.2, 0.25) is 0 Å². The van der Waals surface area contributed by atoms with Crippen molar-refractivity contribution in [3.63, 3.8) is 0 Å². The van der Waals surface area contributed by atoms with Crippen LogP contribution in [0.25, 0.3) is 0 Å². The van der Waals surface area contributed by atoms with Gasteiger partial charge >= 0.3 is 12.3 Å². The molecule has 3 heterocycles. The van der Waals surface area contributed by atoms with Crippen molar-refractivity contribution in [3.05, 3.63) is 23.8 Å². The zero-order valence-corrected chi connectivity index (χ0v) is 25.4. The van der Waals surface area contributed by atoms with Gasteiger partial charge in [0, 0.05) is 89.5 Å². The van der Waals surface area contributed by atoms with Gasteiger partial charge in [0.25, 0.3) is 5.91 Å². The number of carbonyl (C=O) groups is 2. The van der Waals surface area contributed by atoms with Gasteiger partial charge < -0.3 is 29.1 Å². The number of amides is 1. The first kappa shape index (κ1) is 32.7. The fraction of sp³-hybridized carbons (Fsp3) is 0.742. The number of benzene rings is 1. The molecule has 4 fully saturated rings. The number of carboxylic acids is 1. The number of rotatable bonds is 9. The Kier molecular flexibility index (Phi) is 9.96. The molecule has 3 saturated heterocycles. The quantitative estimate of drug-likeness (QED) is 0.401. The van der Waals surface area contributed by atoms with Gasteiger partial charge in [0.15, 0.2) is 0 Å². The summed E-state index contributed by atoms with van der Waals surface area (Å²) in [5.41, 5.74) is -0.789. The number of ether oxygens (including phenoxy) is 3. The van der Waals surface area contributed by atoms with E-state index in [0.29, 0.717) is 43.7 Å². The molecule has 4 aliphatic rings. The number of methoxy groups -OCH3 is 2. The van der Waals surface area contributed by atoms with Crippen molar-refractivity contribution in [2.24, 2.45) is 11.8 Å². The number of carboxylic acid groups (broad SMARTS) is 1. The molecule has 0 aromatic heterocycles. The number of hydrogen-bond donors (Lipinski definition) is 1. The minimum atomic E-state index is -4.88. The maximum Gasteiger partial charge on any atom is 0.573 e. The molecule has 246 valence electrons. The summed E-state index contributed by atoms with van der Waals surface area (Å²) in [6.45, 7) is 2.01. The lowest BCUT2D eigenvalue weighted by Gasteiger charge is -2.35. The van der Waals surface area contributed by atoms with Gasteiger partial charge in [-0.25, -0.2) is 4.39 Å². The molecule has 0 unspecified atom stereocenters. The van der Waals surface area contributed by atoms with Crippen molar-refractivity contribution in [2.75, 3.05) is 65.0 Å². The van der Waals surface area contributed by atoms with Gasteiger partial charge in [-0.05, 0) is 50.2 Å². The molecule has 1 aliphatic carbocycles. The molecule has 44 heavy (non-hydrogen) atoms. The topological polar surface area (TPSA) is 91.8 Å². The summed E-state index contributed by atoms with van der Waals surface area (Å²) in [6.07, 6.45) is -0.172. The smallest absolute Gasteiger partial charge is 0.481 e. The van der Waals surface area contributed by atoms with Gasteiger partial charge in [-0.15, -0.1) is 13.2 Å². The fourth-order valence-electron chi connectivity index (χ4n) is 7.66. The largest absolute Gasteiger partial charge is 0.573 e. The zero-order valence-electron chi connectivity index (χ0n) is 25.4. The van der Waals surface area contributed by atoms with Crippen LogP contribution in [0, 0.1) is 11.8 Å². The molecular weight excluding hydrogens is 586 g/mol. The predicted molar refractivity (Wildman–Crippen MR) is 153 cm³/mol. The Morgan fingerprint density at radius 1 is 1.02 bits per heavy atom. The highest BCUT2D eigenvalue weighted by Crippen LogP contribution is 2.43. The molecule has 1 N–H and O–H groups in total. The number of anilines is 1. The number of likely N-dealkylation sites (tertiary alicyclic amines) is 2. The van der Waals surface area contributed by atoms with Crippen molar-refractivity contribution in [3.8, 4) is 5.75 Å². The summed E-state index contributed by atoms with van der Waals surface area (Å²) in [7, 11) is 3.25. The predicted octanol–water partition coefficient (Wildman–Crippen LogP) is 4.45. The Hall–Kier alpha value is -2.64. The number of alkyl halides is 4. The van der Waals surface area contributed by atoms with Crippen molar-refractivity contribution < 1.29 is 46.5 Å². The first-order chi connectivity index (χ1) is 20.9. The highest BCUT2D eigenvalue weighted by molar-refractivity contribution is 5.86. The molecule has 3 aliphatic heterocycles. The minimum Gasteiger partial charge on any atom is -0.481 e. The van der Waals surface area contributed by atoms with Gasteiger partial charge in [-0.3, -0.25) is 14.5 Å². The van der Waals surface area contributed by atoms with Crippen molar-refractivity contribution in [2.45, 2.75) is 75.0 Å². The third-order valence-corrected chi connectivity index (χ3v) is 10.1. The Morgan fingerprint density at radius 2 is 1.73 bits per heavy atom. The Morgan fingerprint density at radius 3 is 2.34 bits per heavy atom. The maximum absolute atomic E-state index is 16.4. The van der Waals surface area contributed by atoms with Crippen LogP contribution in [0.1, 0.15) is 56.4 Å². The van der Waals surface area contributed by atoms with Crippen LogP contribution in [0.4, 0.5) is 23.2 Å². The summed E-state index contributed by atoms with van der Waals surface area (Å²) in [5.74, 6) is -2.87. The van der Waals surface area contributed by atoms with E-state index in [2.05, 4.69) is 9.64 Å². The molecule has 3 atom stereocenters. The Bertz CT molecular complexity index is 1170. The lowest BCUT2D eigenvalue weighted by atomic mass is 9.87. The van der Waals surface area contributed by atoms with Crippen LogP contribution in [0.15, 0.2) is 18.2 Å². The van der Waals surface area contributed by atoms with E-state index in [-0.39, 0.29) is 62.4 Å². The molecule has 1 amide bonds. The lowest BCUT2D eigenvalue weighted by molar-refractivity contribution is -0.274. The van der Waals surface area contributed by atoms with Gasteiger partial charge in [0.1, 0.15) is 5.75 Å². The summed E-state index contributed by atoms with van der Waals surface area (Å²) in [4.78, 5) is 30.8. The highest BCUT2D eigenvalue weighted by atomic mass is 19.4. The molecule has 0 radical (unpaired) electrons. The molecule has 9 nitrogen and oxygen atoms in total. The number of carbonyl (C=O) groups excluding carboxylic acids is 1. The van der Waals surface area contributed by atoms with Crippen LogP contribution >= 0.6 is 0 Å². The summed E-state index contributed by atoms with van der Waals surface area (Å²) in [5, 5.41) is 9.44. The molecule has 5 rings (SSSR count). The fourth-order valence-corrected chi connectivity index (χ4v) is 7.66. The maximum atomic E-state index is 16.4. The van der Waals surface area contributed by atoms with E-state index < -0.39 is 29.8 Å². The van der Waals surface area contributed by atoms with Crippen molar-refractivity contribution in [1.29, 1.82) is 0 Å². The van der Waals surface area contributed by atoms with Crippen LogP contribution in [0.3, 0.4) is 0 Å². The van der Waals surface area contributed by atoms with E-state index in [4.69, 9.17) is 9.47 Å². The lowest BCUT2D eigenvalue weighted by Crippen LogP contribution is -2.48. The normalized spacial score (nSPS) is 30.6. The third-order valence-electron chi connectivity index (χ3n) is 10.1. The standard InChI is InChI=1S/C31H43F4N3O6/c1-42-18-21-16-38(29(41)30(32)11-14-37(19-30)22-3-5-23(43-2)6-4-22)17-26(21)25-8-7-24(44-31(33,34)35)15-27(25)36-12-9-20(10-13-36)28(39)40/h7-8,15,20-23,26H,3-6,9-14,16-19H2,1-2H3,(H,39,40)/t21-,22?,23?,26+,30-/m1/s1. The van der Waals surface area contributed by atoms with Gasteiger partial charge in [0.2, 0.25) is 5.67 Å². The van der Waals surface area contributed by atoms with Crippen molar-refractivity contribution >= 4 is 17.6 Å². The first-order valence-electron chi connectivity index (χ1n) is 15.5. The SMILES string of the molecule is COC[C@H]1CN(C(=O)[C@@]2(F)CCN(C3CCC(OC)CC3)C2)C[C@@H]1c1ccc(OC(F)(F)F)cc1N1CCC(C(=O)O)CC1. The average Bonchev–Trinajstić information content (AvgIpc) is 3.61. The number of piperidine rings is 1. The van der Waals surface area contributed by atoms with Crippen LogP contribution < -0.4 is 9.64 Å². The number of halogens is 4. The number of hydrogen-bond acceptors (Lipinski definition) is 7. The summed E-state index contributed by atoms with van der Waals surface area (Å²) >= 11 is 0. The molecular formula is C31H43F4N3O6. The second kappa shape index (κ2) is 13.4. The van der Waals surface area contributed by atoms with Gasteiger partial charge in [-0.1, -0.05) is 6.07 Å². The minimum absolute atomic E-state index is 0.0531. The first-order valence-corrected chi connectivity index (χ1v) is 15.5. The van der Waals surface area contributed by atoms with Crippen LogP contribution in [-0.4, -0.2) is 111 Å². The Balaban J connectivity index is 1.35. The number of aliphatic carboxylic acids is 1. The monoisotopic (exact) mass is 629 g/mol. The molecule has 0 bridgehead atoms. The van der Waals surface area contributed by atoms with Gasteiger partial charge in [0.05, 0.1) is 18.6 Å². The van der Waals surface area contributed by atoms with Gasteiger partial charge in [-0.2, -0.15) is 0 Å². The van der Waals surface area contributed by atoms with E-state index in [1.807, 2.05) is 4.90 Å². The zero-order chi connectivity index (χ0) is 31.6. The second-order valence-electron chi connectivity index (χ2n) is 12.8. The molecule has 1 saturated carbocycles.